The van der Waals surface area contributed by atoms with Gasteiger partial charge in [-0.05, 0) is 44.5 Å². The second kappa shape index (κ2) is 11.7. The van der Waals surface area contributed by atoms with Gasteiger partial charge in [-0.15, -0.1) is 0 Å². The molecule has 1 aromatic carbocycles. The summed E-state index contributed by atoms with van der Waals surface area (Å²) >= 11 is 0. The van der Waals surface area contributed by atoms with E-state index in [0.29, 0.717) is 24.7 Å². The summed E-state index contributed by atoms with van der Waals surface area (Å²) in [6.45, 7) is 6.34. The van der Waals surface area contributed by atoms with Crippen molar-refractivity contribution in [2.75, 3.05) is 38.2 Å². The highest BCUT2D eigenvalue weighted by atomic mass is 16.5. The number of nitrogens with one attached hydrogen (secondary N) is 1. The van der Waals surface area contributed by atoms with Crippen molar-refractivity contribution >= 4 is 11.8 Å². The number of anilines is 1. The molecule has 1 saturated heterocycles. The van der Waals surface area contributed by atoms with E-state index >= 15 is 0 Å². The van der Waals surface area contributed by atoms with Crippen molar-refractivity contribution < 1.29 is 14.3 Å². The van der Waals surface area contributed by atoms with Gasteiger partial charge >= 0.3 is 6.09 Å². The highest BCUT2D eigenvalue weighted by molar-refractivity contribution is 5.86. The van der Waals surface area contributed by atoms with E-state index in [1.54, 1.807) is 0 Å². The van der Waals surface area contributed by atoms with Crippen LogP contribution in [0.25, 0.3) is 0 Å². The molecule has 1 aromatic rings. The summed E-state index contributed by atoms with van der Waals surface area (Å²) in [5.74, 6) is 0.703. The molecular weight excluding hydrogens is 316 g/mol. The van der Waals surface area contributed by atoms with Gasteiger partial charge in [-0.1, -0.05) is 44.7 Å². The lowest BCUT2D eigenvalue weighted by Crippen LogP contribution is -2.26. The van der Waals surface area contributed by atoms with Crippen molar-refractivity contribution in [3.63, 3.8) is 0 Å². The minimum absolute atomic E-state index is 0.418. The number of nitrogens with zero attached hydrogens (tertiary/aromatic N) is 1. The number of hydrogen-bond donors (Lipinski definition) is 1. The molecule has 0 spiro atoms. The first-order valence-electron chi connectivity index (χ1n) is 9.67. The summed E-state index contributed by atoms with van der Waals surface area (Å²) < 4.78 is 11.1. The molecule has 5 heteroatoms. The van der Waals surface area contributed by atoms with Crippen LogP contribution in [-0.2, 0) is 4.74 Å². The first-order chi connectivity index (χ1) is 12.3. The minimum Gasteiger partial charge on any atom is -0.491 e. The Morgan fingerprint density at radius 2 is 1.84 bits per heavy atom. The van der Waals surface area contributed by atoms with E-state index in [-0.39, 0.29) is 0 Å². The second-order valence-electron chi connectivity index (χ2n) is 6.57. The number of carbonyl (C=O) groups excluding carboxylic acids is 1. The van der Waals surface area contributed by atoms with Crippen LogP contribution in [0, 0.1) is 0 Å². The molecule has 1 aliphatic rings. The molecule has 0 aromatic heterocycles. The van der Waals surface area contributed by atoms with E-state index in [4.69, 9.17) is 9.47 Å². The number of carbonyl (C=O) groups is 1. The van der Waals surface area contributed by atoms with Crippen LogP contribution in [0.2, 0.25) is 0 Å². The van der Waals surface area contributed by atoms with Crippen molar-refractivity contribution in [1.29, 1.82) is 0 Å². The van der Waals surface area contributed by atoms with Crippen LogP contribution in [0.3, 0.4) is 0 Å². The normalized spacial score (nSPS) is 14.4. The lowest BCUT2D eigenvalue weighted by atomic mass is 10.2. The zero-order valence-corrected chi connectivity index (χ0v) is 15.5. The van der Waals surface area contributed by atoms with Gasteiger partial charge in [-0.3, -0.25) is 10.2 Å². The van der Waals surface area contributed by atoms with Gasteiger partial charge < -0.3 is 9.47 Å². The third kappa shape index (κ3) is 7.78. The number of para-hydroxylation sites is 2. The number of rotatable bonds is 11. The fourth-order valence-electron chi connectivity index (χ4n) is 3.00. The number of amides is 1. The molecule has 140 valence electrons. The number of ether oxygens (including phenoxy) is 2. The summed E-state index contributed by atoms with van der Waals surface area (Å²) in [6, 6.07) is 7.52. The average Bonchev–Trinajstić information content (AvgIpc) is 3.13. The predicted octanol–water partition coefficient (Wildman–Crippen LogP) is 4.68. The van der Waals surface area contributed by atoms with Gasteiger partial charge in [0.05, 0.1) is 12.3 Å². The molecule has 0 atom stereocenters. The van der Waals surface area contributed by atoms with Gasteiger partial charge in [0.1, 0.15) is 12.4 Å². The summed E-state index contributed by atoms with van der Waals surface area (Å²) in [7, 11) is 0. The van der Waals surface area contributed by atoms with E-state index in [1.165, 1.54) is 38.5 Å². The monoisotopic (exact) mass is 348 g/mol. The summed E-state index contributed by atoms with van der Waals surface area (Å²) in [6.07, 6.45) is 8.07. The fourth-order valence-corrected chi connectivity index (χ4v) is 3.00. The first kappa shape index (κ1) is 19.6. The smallest absolute Gasteiger partial charge is 0.411 e. The van der Waals surface area contributed by atoms with Gasteiger partial charge in [0.25, 0.3) is 0 Å². The van der Waals surface area contributed by atoms with Gasteiger partial charge in [-0.2, -0.15) is 0 Å². The van der Waals surface area contributed by atoms with Gasteiger partial charge in [0.2, 0.25) is 0 Å². The molecule has 0 radical (unpaired) electrons. The quantitative estimate of drug-likeness (QED) is 0.590. The standard InChI is InChI=1S/C20H32N2O3/c1-2-3-4-5-10-16-24-19-12-7-6-11-18(19)21-20(23)25-17-15-22-13-8-9-14-22/h6-7,11-12H,2-5,8-10,13-17H2,1H3,(H,21,23). The van der Waals surface area contributed by atoms with E-state index < -0.39 is 6.09 Å². The highest BCUT2D eigenvalue weighted by Gasteiger charge is 2.12. The topological polar surface area (TPSA) is 50.8 Å². The van der Waals surface area contributed by atoms with Crippen molar-refractivity contribution in [3.8, 4) is 5.75 Å². The Balaban J connectivity index is 1.68. The van der Waals surface area contributed by atoms with Crippen LogP contribution in [-0.4, -0.2) is 43.8 Å². The zero-order valence-electron chi connectivity index (χ0n) is 15.5. The van der Waals surface area contributed by atoms with Crippen LogP contribution >= 0.6 is 0 Å². The molecule has 5 nitrogen and oxygen atoms in total. The number of unbranched alkanes of at least 4 members (excludes halogenated alkanes) is 4. The van der Waals surface area contributed by atoms with Crippen LogP contribution < -0.4 is 10.1 Å². The Kier molecular flexibility index (Phi) is 9.19. The predicted molar refractivity (Wildman–Crippen MR) is 101 cm³/mol. The van der Waals surface area contributed by atoms with E-state index in [2.05, 4.69) is 17.1 Å². The Hall–Kier alpha value is -1.75. The molecule has 0 unspecified atom stereocenters. The zero-order chi connectivity index (χ0) is 17.7. The Morgan fingerprint density at radius 3 is 2.64 bits per heavy atom. The Morgan fingerprint density at radius 1 is 1.08 bits per heavy atom. The largest absolute Gasteiger partial charge is 0.491 e. The molecule has 1 aliphatic heterocycles. The van der Waals surface area contributed by atoms with Crippen molar-refractivity contribution in [3.05, 3.63) is 24.3 Å². The van der Waals surface area contributed by atoms with E-state index in [9.17, 15) is 4.79 Å². The third-order valence-corrected chi connectivity index (χ3v) is 4.47. The molecule has 0 aliphatic carbocycles. The maximum Gasteiger partial charge on any atom is 0.411 e. The van der Waals surface area contributed by atoms with E-state index in [0.717, 1.165) is 26.1 Å². The van der Waals surface area contributed by atoms with Crippen molar-refractivity contribution in [2.45, 2.75) is 51.9 Å². The summed E-state index contributed by atoms with van der Waals surface area (Å²) in [5.41, 5.74) is 0.669. The maximum atomic E-state index is 12.0. The highest BCUT2D eigenvalue weighted by Crippen LogP contribution is 2.24. The second-order valence-corrected chi connectivity index (χ2v) is 6.57. The molecule has 1 fully saturated rings. The SMILES string of the molecule is CCCCCCCOc1ccccc1NC(=O)OCCN1CCCC1. The van der Waals surface area contributed by atoms with Crippen molar-refractivity contribution in [1.82, 2.24) is 4.90 Å². The number of likely N-dealkylation sites (tertiary alicyclic amines) is 1. The Labute approximate surface area is 151 Å². The van der Waals surface area contributed by atoms with Crippen LogP contribution in [0.1, 0.15) is 51.9 Å². The van der Waals surface area contributed by atoms with Crippen LogP contribution in [0.5, 0.6) is 5.75 Å². The third-order valence-electron chi connectivity index (χ3n) is 4.47. The lowest BCUT2D eigenvalue weighted by molar-refractivity contribution is 0.146. The van der Waals surface area contributed by atoms with Gasteiger partial charge in [0.15, 0.2) is 0 Å². The first-order valence-corrected chi connectivity index (χ1v) is 9.67. The fraction of sp³-hybridized carbons (Fsp3) is 0.650. The molecule has 1 amide bonds. The molecule has 1 N–H and O–H groups in total. The van der Waals surface area contributed by atoms with Crippen LogP contribution in [0.15, 0.2) is 24.3 Å². The maximum absolute atomic E-state index is 12.0. The van der Waals surface area contributed by atoms with Crippen LogP contribution in [0.4, 0.5) is 10.5 Å². The minimum atomic E-state index is -0.418. The molecule has 1 heterocycles. The lowest BCUT2D eigenvalue weighted by Gasteiger charge is -2.15. The molecule has 0 saturated carbocycles. The average molecular weight is 348 g/mol. The molecule has 25 heavy (non-hydrogen) atoms. The molecule has 2 rings (SSSR count). The van der Waals surface area contributed by atoms with Crippen molar-refractivity contribution in [2.24, 2.45) is 0 Å². The molecular formula is C20H32N2O3. The van der Waals surface area contributed by atoms with Gasteiger partial charge in [0, 0.05) is 6.54 Å². The summed E-state index contributed by atoms with van der Waals surface area (Å²) in [4.78, 5) is 14.3. The summed E-state index contributed by atoms with van der Waals surface area (Å²) in [5, 5.41) is 2.79. The molecule has 0 bridgehead atoms. The van der Waals surface area contributed by atoms with Gasteiger partial charge in [-0.25, -0.2) is 4.79 Å². The number of benzene rings is 1. The number of hydrogen-bond acceptors (Lipinski definition) is 4. The Bertz CT molecular complexity index is 501. The van der Waals surface area contributed by atoms with E-state index in [1.807, 2.05) is 24.3 Å².